The van der Waals surface area contributed by atoms with Crippen LogP contribution in [0.2, 0.25) is 0 Å². The number of thiazole rings is 1. The van der Waals surface area contributed by atoms with Crippen molar-refractivity contribution in [3.8, 4) is 0 Å². The van der Waals surface area contributed by atoms with Crippen LogP contribution in [0, 0.1) is 18.8 Å². The van der Waals surface area contributed by atoms with Crippen molar-refractivity contribution >= 4 is 11.3 Å². The van der Waals surface area contributed by atoms with Crippen molar-refractivity contribution in [1.82, 2.24) is 10.3 Å². The Bertz CT molecular complexity index is 388. The fourth-order valence-corrected chi connectivity index (χ4v) is 4.16. The lowest BCUT2D eigenvalue weighted by Crippen LogP contribution is -2.40. The third kappa shape index (κ3) is 4.56. The van der Waals surface area contributed by atoms with Crippen molar-refractivity contribution < 1.29 is 0 Å². The normalized spacial score (nSPS) is 24.8. The molecule has 0 spiro atoms. The van der Waals surface area contributed by atoms with Gasteiger partial charge in [0.25, 0.3) is 0 Å². The highest BCUT2D eigenvalue weighted by atomic mass is 32.1. The molecule has 0 amide bonds. The SMILES string of the molecule is CCCNC(Cc1csc(C)n1)C1CCCC(CC)C1. The third-order valence-corrected chi connectivity index (χ3v) is 5.54. The molecule has 0 radical (unpaired) electrons. The van der Waals surface area contributed by atoms with Crippen LogP contribution in [-0.4, -0.2) is 17.6 Å². The van der Waals surface area contributed by atoms with Crippen LogP contribution < -0.4 is 5.32 Å². The molecule has 2 rings (SSSR count). The van der Waals surface area contributed by atoms with Gasteiger partial charge in [-0.25, -0.2) is 4.98 Å². The molecule has 3 unspecified atom stereocenters. The Kier molecular flexibility index (Phi) is 6.50. The van der Waals surface area contributed by atoms with Crippen LogP contribution in [-0.2, 0) is 6.42 Å². The Balaban J connectivity index is 1.98. The molecule has 0 bridgehead atoms. The highest BCUT2D eigenvalue weighted by Crippen LogP contribution is 2.34. The monoisotopic (exact) mass is 294 g/mol. The molecule has 1 fully saturated rings. The summed E-state index contributed by atoms with van der Waals surface area (Å²) in [6, 6.07) is 0.630. The molecule has 3 atom stereocenters. The second kappa shape index (κ2) is 8.14. The number of aryl methyl sites for hydroxylation is 1. The minimum atomic E-state index is 0.630. The van der Waals surface area contributed by atoms with Crippen molar-refractivity contribution in [3.05, 3.63) is 16.1 Å². The van der Waals surface area contributed by atoms with Crippen LogP contribution in [0.15, 0.2) is 5.38 Å². The molecule has 1 saturated carbocycles. The quantitative estimate of drug-likeness (QED) is 0.796. The van der Waals surface area contributed by atoms with E-state index in [1.165, 1.54) is 49.2 Å². The second-order valence-electron chi connectivity index (χ2n) is 6.32. The molecule has 2 nitrogen and oxygen atoms in total. The molecule has 1 aromatic rings. The first-order valence-corrected chi connectivity index (χ1v) is 9.25. The molecule has 0 saturated heterocycles. The number of rotatable bonds is 7. The first kappa shape index (κ1) is 16.0. The lowest BCUT2D eigenvalue weighted by molar-refractivity contribution is 0.207. The summed E-state index contributed by atoms with van der Waals surface area (Å²) in [6.45, 7) is 7.86. The summed E-state index contributed by atoms with van der Waals surface area (Å²) in [4.78, 5) is 4.67. The Morgan fingerprint density at radius 1 is 1.40 bits per heavy atom. The number of hydrogen-bond acceptors (Lipinski definition) is 3. The van der Waals surface area contributed by atoms with Crippen LogP contribution >= 0.6 is 11.3 Å². The van der Waals surface area contributed by atoms with Gasteiger partial charge in [-0.3, -0.25) is 0 Å². The highest BCUT2D eigenvalue weighted by Gasteiger charge is 2.27. The van der Waals surface area contributed by atoms with E-state index in [4.69, 9.17) is 0 Å². The maximum Gasteiger partial charge on any atom is 0.0897 e. The molecule has 1 heterocycles. The van der Waals surface area contributed by atoms with Crippen molar-refractivity contribution in [1.29, 1.82) is 0 Å². The van der Waals surface area contributed by atoms with E-state index in [0.717, 1.165) is 24.8 Å². The van der Waals surface area contributed by atoms with Gasteiger partial charge in [-0.15, -0.1) is 11.3 Å². The van der Waals surface area contributed by atoms with Crippen molar-refractivity contribution in [3.63, 3.8) is 0 Å². The molecule has 1 aromatic heterocycles. The predicted octanol–water partition coefficient (Wildman–Crippen LogP) is 4.58. The third-order valence-electron chi connectivity index (χ3n) is 4.72. The van der Waals surface area contributed by atoms with Crippen molar-refractivity contribution in [2.45, 2.75) is 71.8 Å². The molecule has 1 aliphatic rings. The summed E-state index contributed by atoms with van der Waals surface area (Å²) >= 11 is 1.78. The molecule has 3 heteroatoms. The molecule has 1 aliphatic carbocycles. The number of nitrogens with zero attached hydrogens (tertiary/aromatic N) is 1. The summed E-state index contributed by atoms with van der Waals surface area (Å²) in [7, 11) is 0. The number of hydrogen-bond donors (Lipinski definition) is 1. The van der Waals surface area contributed by atoms with E-state index < -0.39 is 0 Å². The molecule has 114 valence electrons. The maximum absolute atomic E-state index is 4.67. The van der Waals surface area contributed by atoms with Gasteiger partial charge in [0.2, 0.25) is 0 Å². The van der Waals surface area contributed by atoms with Gasteiger partial charge < -0.3 is 5.32 Å². The van der Waals surface area contributed by atoms with Gasteiger partial charge in [0.1, 0.15) is 0 Å². The average molecular weight is 295 g/mol. The van der Waals surface area contributed by atoms with E-state index in [0.29, 0.717) is 6.04 Å². The fourth-order valence-electron chi connectivity index (χ4n) is 3.53. The van der Waals surface area contributed by atoms with Crippen LogP contribution in [0.3, 0.4) is 0 Å². The molecule has 20 heavy (non-hydrogen) atoms. The summed E-state index contributed by atoms with van der Waals surface area (Å²) in [6.07, 6.45) is 9.38. The van der Waals surface area contributed by atoms with Crippen LogP contribution in [0.5, 0.6) is 0 Å². The van der Waals surface area contributed by atoms with Crippen LogP contribution in [0.1, 0.15) is 63.1 Å². The second-order valence-corrected chi connectivity index (χ2v) is 7.39. The van der Waals surface area contributed by atoms with Gasteiger partial charge in [-0.05, 0) is 44.6 Å². The minimum Gasteiger partial charge on any atom is -0.313 e. The zero-order chi connectivity index (χ0) is 14.4. The van der Waals surface area contributed by atoms with E-state index in [2.05, 4.69) is 36.5 Å². The van der Waals surface area contributed by atoms with Crippen LogP contribution in [0.4, 0.5) is 0 Å². The topological polar surface area (TPSA) is 24.9 Å². The first-order valence-electron chi connectivity index (χ1n) is 8.37. The Hall–Kier alpha value is -0.410. The number of nitrogens with one attached hydrogen (secondary N) is 1. The number of aromatic nitrogens is 1. The molecule has 0 aliphatic heterocycles. The smallest absolute Gasteiger partial charge is 0.0897 e. The van der Waals surface area contributed by atoms with Gasteiger partial charge in [-0.2, -0.15) is 0 Å². The van der Waals surface area contributed by atoms with Gasteiger partial charge in [-0.1, -0.05) is 33.1 Å². The van der Waals surface area contributed by atoms with Gasteiger partial charge in [0, 0.05) is 17.8 Å². The largest absolute Gasteiger partial charge is 0.313 e. The molecular weight excluding hydrogens is 264 g/mol. The van der Waals surface area contributed by atoms with E-state index in [1.807, 2.05) is 0 Å². The zero-order valence-corrected chi connectivity index (χ0v) is 14.1. The van der Waals surface area contributed by atoms with Gasteiger partial charge in [0.05, 0.1) is 10.7 Å². The van der Waals surface area contributed by atoms with Gasteiger partial charge in [0.15, 0.2) is 0 Å². The standard InChI is InChI=1S/C17H30N2S/c1-4-9-18-17(11-16-12-20-13(3)19-16)15-8-6-7-14(5-2)10-15/h12,14-15,17-18H,4-11H2,1-3H3. The summed E-state index contributed by atoms with van der Waals surface area (Å²) in [5, 5.41) is 7.25. The molecule has 1 N–H and O–H groups in total. The van der Waals surface area contributed by atoms with Crippen molar-refractivity contribution in [2.24, 2.45) is 11.8 Å². The van der Waals surface area contributed by atoms with E-state index in [1.54, 1.807) is 11.3 Å². The molecule has 0 aromatic carbocycles. The Labute approximate surface area is 128 Å². The minimum absolute atomic E-state index is 0.630. The first-order chi connectivity index (χ1) is 9.72. The highest BCUT2D eigenvalue weighted by molar-refractivity contribution is 7.09. The maximum atomic E-state index is 4.67. The fraction of sp³-hybridized carbons (Fsp3) is 0.824. The van der Waals surface area contributed by atoms with E-state index >= 15 is 0 Å². The summed E-state index contributed by atoms with van der Waals surface area (Å²) in [5.41, 5.74) is 1.29. The van der Waals surface area contributed by atoms with E-state index in [9.17, 15) is 0 Å². The zero-order valence-electron chi connectivity index (χ0n) is 13.3. The van der Waals surface area contributed by atoms with E-state index in [-0.39, 0.29) is 0 Å². The molecular formula is C17H30N2S. The summed E-state index contributed by atoms with van der Waals surface area (Å²) < 4.78 is 0. The Morgan fingerprint density at radius 3 is 2.90 bits per heavy atom. The lowest BCUT2D eigenvalue weighted by Gasteiger charge is -2.34. The van der Waals surface area contributed by atoms with Gasteiger partial charge >= 0.3 is 0 Å². The predicted molar refractivity (Wildman–Crippen MR) is 88.4 cm³/mol. The lowest BCUT2D eigenvalue weighted by atomic mass is 9.76. The Morgan fingerprint density at radius 2 is 2.25 bits per heavy atom. The van der Waals surface area contributed by atoms with Crippen LogP contribution in [0.25, 0.3) is 0 Å². The van der Waals surface area contributed by atoms with Crippen molar-refractivity contribution in [2.75, 3.05) is 6.54 Å². The average Bonchev–Trinajstić information content (AvgIpc) is 2.88. The summed E-state index contributed by atoms with van der Waals surface area (Å²) in [5.74, 6) is 1.80.